The van der Waals surface area contributed by atoms with Crippen molar-refractivity contribution in [1.82, 2.24) is 0 Å². The van der Waals surface area contributed by atoms with Crippen molar-refractivity contribution in [3.05, 3.63) is 52.0 Å². The van der Waals surface area contributed by atoms with Crippen LogP contribution in [0.5, 0.6) is 17.2 Å². The number of ether oxygens (including phenoxy) is 2. The van der Waals surface area contributed by atoms with Crippen molar-refractivity contribution in [3.8, 4) is 17.2 Å². The molecule has 2 aromatic rings. The van der Waals surface area contributed by atoms with Gasteiger partial charge in [-0.15, -0.1) is 13.2 Å². The molecule has 0 aliphatic heterocycles. The third-order valence-corrected chi connectivity index (χ3v) is 3.82. The van der Waals surface area contributed by atoms with Crippen LogP contribution in [0, 0.1) is 0 Å². The van der Waals surface area contributed by atoms with Gasteiger partial charge in [0.2, 0.25) is 0 Å². The molecule has 0 fully saturated rings. The molecule has 0 bridgehead atoms. The molecule has 1 atom stereocenters. The molecule has 124 valence electrons. The van der Waals surface area contributed by atoms with Crippen LogP contribution in [0.1, 0.15) is 17.2 Å². The van der Waals surface area contributed by atoms with Crippen LogP contribution < -0.4 is 15.2 Å². The average Bonchev–Trinajstić information content (AvgIpc) is 2.46. The Labute approximate surface area is 138 Å². The van der Waals surface area contributed by atoms with E-state index in [9.17, 15) is 18.3 Å². The van der Waals surface area contributed by atoms with Crippen molar-refractivity contribution in [1.29, 1.82) is 0 Å². The van der Waals surface area contributed by atoms with Gasteiger partial charge in [0.25, 0.3) is 0 Å². The van der Waals surface area contributed by atoms with E-state index in [1.807, 2.05) is 0 Å². The fraction of sp³-hybridized carbons (Fsp3) is 0.200. The molecule has 2 aromatic carbocycles. The Morgan fingerprint density at radius 1 is 1.13 bits per heavy atom. The van der Waals surface area contributed by atoms with Crippen LogP contribution >= 0.6 is 15.9 Å². The summed E-state index contributed by atoms with van der Waals surface area (Å²) >= 11 is 3.29. The highest BCUT2D eigenvalue weighted by Gasteiger charge is 2.31. The van der Waals surface area contributed by atoms with E-state index in [1.165, 1.54) is 19.2 Å². The third-order valence-electron chi connectivity index (χ3n) is 3.13. The molecular formula is C15H13BrF3NO3. The molecule has 0 spiro atoms. The van der Waals surface area contributed by atoms with Gasteiger partial charge < -0.3 is 20.3 Å². The molecule has 0 aliphatic rings. The lowest BCUT2D eigenvalue weighted by molar-refractivity contribution is -0.274. The number of methoxy groups -OCH3 is 1. The third kappa shape index (κ3) is 4.08. The van der Waals surface area contributed by atoms with Gasteiger partial charge in [-0.05, 0) is 29.8 Å². The topological polar surface area (TPSA) is 64.7 Å². The number of phenols is 1. The molecular weight excluding hydrogens is 379 g/mol. The van der Waals surface area contributed by atoms with Crippen molar-refractivity contribution in [3.63, 3.8) is 0 Å². The number of alkyl halides is 3. The Balaban J connectivity index is 2.32. The highest BCUT2D eigenvalue weighted by molar-refractivity contribution is 9.10. The minimum Gasteiger partial charge on any atom is -0.504 e. The number of benzene rings is 2. The standard InChI is InChI=1S/C15H13BrF3NO3/c1-22-11-7-6-10(16)12(14(11)21)13(20)8-2-4-9(5-3-8)23-15(17,18)19/h2-7,13,21H,20H2,1H3/t13-/m0/s1. The molecule has 8 heteroatoms. The smallest absolute Gasteiger partial charge is 0.504 e. The van der Waals surface area contributed by atoms with Gasteiger partial charge >= 0.3 is 6.36 Å². The molecule has 0 aliphatic carbocycles. The van der Waals surface area contributed by atoms with E-state index in [1.54, 1.807) is 12.1 Å². The lowest BCUT2D eigenvalue weighted by atomic mass is 9.98. The van der Waals surface area contributed by atoms with E-state index in [-0.39, 0.29) is 17.2 Å². The molecule has 0 aromatic heterocycles. The lowest BCUT2D eigenvalue weighted by Crippen LogP contribution is -2.17. The summed E-state index contributed by atoms with van der Waals surface area (Å²) in [5.74, 6) is -0.233. The van der Waals surface area contributed by atoms with E-state index < -0.39 is 12.4 Å². The van der Waals surface area contributed by atoms with Crippen LogP contribution in [-0.2, 0) is 0 Å². The molecule has 0 unspecified atom stereocenters. The second-order valence-electron chi connectivity index (χ2n) is 4.61. The molecule has 0 saturated heterocycles. The summed E-state index contributed by atoms with van der Waals surface area (Å²) in [5, 5.41) is 10.2. The minimum absolute atomic E-state index is 0.134. The van der Waals surface area contributed by atoms with Crippen LogP contribution in [0.25, 0.3) is 0 Å². The van der Waals surface area contributed by atoms with E-state index in [0.717, 1.165) is 12.1 Å². The van der Waals surface area contributed by atoms with Crippen LogP contribution in [0.15, 0.2) is 40.9 Å². The van der Waals surface area contributed by atoms with Gasteiger partial charge in [-0.2, -0.15) is 0 Å². The highest BCUT2D eigenvalue weighted by atomic mass is 79.9. The van der Waals surface area contributed by atoms with Crippen molar-refractivity contribution in [2.24, 2.45) is 5.73 Å². The maximum absolute atomic E-state index is 12.2. The summed E-state index contributed by atoms with van der Waals surface area (Å²) < 4.78 is 45.9. The number of rotatable bonds is 4. The van der Waals surface area contributed by atoms with Crippen LogP contribution in [0.2, 0.25) is 0 Å². The SMILES string of the molecule is COc1ccc(Br)c([C@@H](N)c2ccc(OC(F)(F)F)cc2)c1O. The Morgan fingerprint density at radius 2 is 1.74 bits per heavy atom. The number of hydrogen-bond acceptors (Lipinski definition) is 4. The Bertz CT molecular complexity index is 690. The second kappa shape index (κ2) is 6.67. The predicted octanol–water partition coefficient (Wildman–Crippen LogP) is 4.11. The normalized spacial score (nSPS) is 12.8. The minimum atomic E-state index is -4.75. The van der Waals surface area contributed by atoms with Crippen LogP contribution in [0.4, 0.5) is 13.2 Å². The van der Waals surface area contributed by atoms with Crippen molar-refractivity contribution in [2.45, 2.75) is 12.4 Å². The summed E-state index contributed by atoms with van der Waals surface area (Å²) in [6, 6.07) is 7.58. The lowest BCUT2D eigenvalue weighted by Gasteiger charge is -2.18. The molecule has 3 N–H and O–H groups in total. The molecule has 0 heterocycles. The van der Waals surface area contributed by atoms with E-state index in [0.29, 0.717) is 15.6 Å². The first-order chi connectivity index (χ1) is 10.7. The summed E-state index contributed by atoms with van der Waals surface area (Å²) in [5.41, 5.74) is 6.98. The first-order valence-electron chi connectivity index (χ1n) is 6.39. The van der Waals surface area contributed by atoms with Gasteiger partial charge in [0, 0.05) is 10.0 Å². The predicted molar refractivity (Wildman–Crippen MR) is 81.5 cm³/mol. The molecule has 0 saturated carbocycles. The summed E-state index contributed by atoms with van der Waals surface area (Å²) in [6.07, 6.45) is -4.75. The number of nitrogens with two attached hydrogens (primary N) is 1. The first kappa shape index (κ1) is 17.4. The van der Waals surface area contributed by atoms with Gasteiger partial charge in [-0.3, -0.25) is 0 Å². The zero-order valence-electron chi connectivity index (χ0n) is 11.9. The van der Waals surface area contributed by atoms with E-state index in [4.69, 9.17) is 10.5 Å². The van der Waals surface area contributed by atoms with Gasteiger partial charge in [0.05, 0.1) is 13.2 Å². The van der Waals surface area contributed by atoms with Crippen molar-refractivity contribution < 1.29 is 27.8 Å². The Kier molecular flexibility index (Phi) is 5.06. The average molecular weight is 392 g/mol. The zero-order chi connectivity index (χ0) is 17.2. The first-order valence-corrected chi connectivity index (χ1v) is 7.19. The molecule has 4 nitrogen and oxygen atoms in total. The van der Waals surface area contributed by atoms with Crippen molar-refractivity contribution in [2.75, 3.05) is 7.11 Å². The number of hydrogen-bond donors (Lipinski definition) is 2. The number of aromatic hydroxyl groups is 1. The summed E-state index contributed by atoms with van der Waals surface area (Å²) in [4.78, 5) is 0. The van der Waals surface area contributed by atoms with Gasteiger partial charge in [0.1, 0.15) is 5.75 Å². The summed E-state index contributed by atoms with van der Waals surface area (Å²) in [6.45, 7) is 0. The maximum atomic E-state index is 12.2. The van der Waals surface area contributed by atoms with E-state index >= 15 is 0 Å². The summed E-state index contributed by atoms with van der Waals surface area (Å²) in [7, 11) is 1.40. The monoisotopic (exact) mass is 391 g/mol. The maximum Gasteiger partial charge on any atom is 0.573 e. The molecule has 2 rings (SSSR count). The fourth-order valence-corrected chi connectivity index (χ4v) is 2.63. The Hall–Kier alpha value is -1.93. The second-order valence-corrected chi connectivity index (χ2v) is 5.46. The largest absolute Gasteiger partial charge is 0.573 e. The van der Waals surface area contributed by atoms with Gasteiger partial charge in [-0.1, -0.05) is 28.1 Å². The number of halogens is 4. The van der Waals surface area contributed by atoms with Gasteiger partial charge in [0.15, 0.2) is 11.5 Å². The van der Waals surface area contributed by atoms with E-state index in [2.05, 4.69) is 20.7 Å². The van der Waals surface area contributed by atoms with Crippen LogP contribution in [0.3, 0.4) is 0 Å². The zero-order valence-corrected chi connectivity index (χ0v) is 13.5. The van der Waals surface area contributed by atoms with Crippen molar-refractivity contribution >= 4 is 15.9 Å². The quantitative estimate of drug-likeness (QED) is 0.822. The molecule has 23 heavy (non-hydrogen) atoms. The molecule has 0 amide bonds. The number of phenolic OH excluding ortho intramolecular Hbond substituents is 1. The Morgan fingerprint density at radius 3 is 2.26 bits per heavy atom. The van der Waals surface area contributed by atoms with Crippen LogP contribution in [-0.4, -0.2) is 18.6 Å². The highest BCUT2D eigenvalue weighted by Crippen LogP contribution is 2.40. The molecule has 0 radical (unpaired) electrons. The fourth-order valence-electron chi connectivity index (χ4n) is 2.07. The van der Waals surface area contributed by atoms with Gasteiger partial charge in [-0.25, -0.2) is 0 Å².